The number of pyridine rings is 1. The summed E-state index contributed by atoms with van der Waals surface area (Å²) in [6.45, 7) is -0.169. The zero-order valence-corrected chi connectivity index (χ0v) is 12.4. The normalized spacial score (nSPS) is 11.2. The molecule has 0 spiro atoms. The van der Waals surface area contributed by atoms with Crippen molar-refractivity contribution in [2.24, 2.45) is 0 Å². The number of amides is 1. The third-order valence-corrected chi connectivity index (χ3v) is 3.27. The minimum absolute atomic E-state index is 0.169. The molecule has 0 aliphatic rings. The van der Waals surface area contributed by atoms with Crippen molar-refractivity contribution in [1.82, 2.24) is 15.3 Å². The summed E-state index contributed by atoms with van der Waals surface area (Å²) < 4.78 is 33.3. The van der Waals surface area contributed by atoms with Crippen LogP contribution in [0.25, 0.3) is 11.5 Å². The summed E-state index contributed by atoms with van der Waals surface area (Å²) in [5, 5.41) is 2.15. The molecule has 0 radical (unpaired) electrons. The lowest BCUT2D eigenvalue weighted by Crippen LogP contribution is -2.38. The molecule has 0 aliphatic heterocycles. The third kappa shape index (κ3) is 3.29. The zero-order chi connectivity index (χ0) is 17.0. The molecule has 5 nitrogen and oxygen atoms in total. The molecule has 0 unspecified atom stereocenters. The first-order valence-corrected chi connectivity index (χ1v) is 7.15. The molecule has 3 rings (SSSR count). The van der Waals surface area contributed by atoms with Crippen LogP contribution >= 0.6 is 0 Å². The maximum Gasteiger partial charge on any atom is 0.366 e. The number of benzene rings is 1. The molecular formula is C17H13F2N3O2. The van der Waals surface area contributed by atoms with Gasteiger partial charge in [-0.05, 0) is 24.3 Å². The van der Waals surface area contributed by atoms with Crippen molar-refractivity contribution in [3.05, 3.63) is 72.4 Å². The van der Waals surface area contributed by atoms with Crippen molar-refractivity contribution >= 4 is 5.91 Å². The van der Waals surface area contributed by atoms with Gasteiger partial charge in [-0.3, -0.25) is 9.78 Å². The van der Waals surface area contributed by atoms with Crippen LogP contribution in [0.4, 0.5) is 8.78 Å². The first kappa shape index (κ1) is 15.8. The van der Waals surface area contributed by atoms with Gasteiger partial charge >= 0.3 is 5.92 Å². The van der Waals surface area contributed by atoms with E-state index in [1.807, 2.05) is 30.3 Å². The molecule has 1 amide bonds. The van der Waals surface area contributed by atoms with E-state index in [0.717, 1.165) is 11.6 Å². The molecule has 1 N–H and O–H groups in total. The number of carbonyl (C=O) groups excluding carboxylic acids is 1. The Morgan fingerprint density at radius 2 is 1.88 bits per heavy atom. The number of carbonyl (C=O) groups is 1. The Morgan fingerprint density at radius 1 is 1.12 bits per heavy atom. The molecule has 3 aromatic rings. The number of halogens is 2. The van der Waals surface area contributed by atoms with E-state index in [1.54, 1.807) is 0 Å². The highest BCUT2D eigenvalue weighted by Gasteiger charge is 2.42. The maximum atomic E-state index is 14.0. The van der Waals surface area contributed by atoms with Crippen LogP contribution in [-0.2, 0) is 17.3 Å². The third-order valence-electron chi connectivity index (χ3n) is 3.27. The highest BCUT2D eigenvalue weighted by atomic mass is 19.3. The molecule has 0 atom stereocenters. The van der Waals surface area contributed by atoms with Gasteiger partial charge in [-0.2, -0.15) is 8.78 Å². The number of nitrogens with one attached hydrogen (secondary N) is 1. The molecular weight excluding hydrogens is 316 g/mol. The second kappa shape index (κ2) is 6.57. The van der Waals surface area contributed by atoms with E-state index in [4.69, 9.17) is 4.42 Å². The van der Waals surface area contributed by atoms with Gasteiger partial charge < -0.3 is 9.73 Å². The second-order valence-electron chi connectivity index (χ2n) is 4.98. The Labute approximate surface area is 136 Å². The van der Waals surface area contributed by atoms with Crippen molar-refractivity contribution in [3.8, 4) is 11.5 Å². The van der Waals surface area contributed by atoms with Gasteiger partial charge in [0.2, 0.25) is 5.89 Å². The van der Waals surface area contributed by atoms with Crippen LogP contribution in [0.15, 0.2) is 65.4 Å². The Hall–Kier alpha value is -3.09. The van der Waals surface area contributed by atoms with Crippen LogP contribution in [0.5, 0.6) is 0 Å². The predicted octanol–water partition coefficient (Wildman–Crippen LogP) is 3.14. The van der Waals surface area contributed by atoms with Crippen LogP contribution in [0.1, 0.15) is 11.4 Å². The molecule has 0 saturated heterocycles. The van der Waals surface area contributed by atoms with E-state index < -0.39 is 17.5 Å². The molecule has 2 aromatic heterocycles. The fraction of sp³-hybridized carbons (Fsp3) is 0.118. The molecule has 24 heavy (non-hydrogen) atoms. The van der Waals surface area contributed by atoms with E-state index >= 15 is 0 Å². The molecule has 122 valence electrons. The number of aromatic nitrogens is 2. The first-order chi connectivity index (χ1) is 11.6. The SMILES string of the molecule is O=C(NCc1coc(-c2ccccc2)n1)C(F)(F)c1ccccn1. The van der Waals surface area contributed by atoms with E-state index in [0.29, 0.717) is 11.6 Å². The zero-order valence-electron chi connectivity index (χ0n) is 12.4. The molecule has 0 aliphatic carbocycles. The lowest BCUT2D eigenvalue weighted by molar-refractivity contribution is -0.147. The fourth-order valence-electron chi connectivity index (χ4n) is 2.05. The topological polar surface area (TPSA) is 68.0 Å². The first-order valence-electron chi connectivity index (χ1n) is 7.15. The monoisotopic (exact) mass is 329 g/mol. The minimum atomic E-state index is -3.72. The maximum absolute atomic E-state index is 14.0. The summed E-state index contributed by atoms with van der Waals surface area (Å²) in [7, 11) is 0. The van der Waals surface area contributed by atoms with E-state index in [2.05, 4.69) is 15.3 Å². The standard InChI is InChI=1S/C17H13F2N3O2/c18-17(19,14-8-4-5-9-20-14)16(23)21-10-13-11-24-15(22-13)12-6-2-1-3-7-12/h1-9,11H,10H2,(H,21,23). The van der Waals surface area contributed by atoms with E-state index in [9.17, 15) is 13.6 Å². The number of hydrogen-bond acceptors (Lipinski definition) is 4. The number of alkyl halides is 2. The Bertz CT molecular complexity index is 820. The number of nitrogens with zero attached hydrogens (tertiary/aromatic N) is 2. The average Bonchev–Trinajstić information content (AvgIpc) is 3.10. The smallest absolute Gasteiger partial charge is 0.366 e. The highest BCUT2D eigenvalue weighted by Crippen LogP contribution is 2.26. The summed E-state index contributed by atoms with van der Waals surface area (Å²) in [5.41, 5.74) is 0.501. The number of hydrogen-bond donors (Lipinski definition) is 1. The van der Waals surface area contributed by atoms with Gasteiger partial charge in [0.15, 0.2) is 0 Å². The van der Waals surface area contributed by atoms with Crippen molar-refractivity contribution in [1.29, 1.82) is 0 Å². The second-order valence-corrected chi connectivity index (χ2v) is 4.98. The summed E-state index contributed by atoms with van der Waals surface area (Å²) in [4.78, 5) is 19.4. The summed E-state index contributed by atoms with van der Waals surface area (Å²) in [5.74, 6) is -4.80. The van der Waals surface area contributed by atoms with Crippen LogP contribution in [0, 0.1) is 0 Å². The van der Waals surface area contributed by atoms with E-state index in [-0.39, 0.29) is 6.54 Å². The van der Waals surface area contributed by atoms with Crippen molar-refractivity contribution in [2.75, 3.05) is 0 Å². The number of rotatable bonds is 5. The van der Waals surface area contributed by atoms with Gasteiger partial charge in [0.1, 0.15) is 12.0 Å². The van der Waals surface area contributed by atoms with Gasteiger partial charge in [-0.1, -0.05) is 24.3 Å². The molecule has 0 bridgehead atoms. The van der Waals surface area contributed by atoms with Gasteiger partial charge in [-0.15, -0.1) is 0 Å². The Balaban J connectivity index is 1.66. The van der Waals surface area contributed by atoms with Crippen LogP contribution in [0.3, 0.4) is 0 Å². The number of oxazole rings is 1. The van der Waals surface area contributed by atoms with Crippen molar-refractivity contribution in [3.63, 3.8) is 0 Å². The molecule has 0 fully saturated rings. The Morgan fingerprint density at radius 3 is 2.58 bits per heavy atom. The molecule has 0 saturated carbocycles. The van der Waals surface area contributed by atoms with Gasteiger partial charge in [-0.25, -0.2) is 4.98 Å². The van der Waals surface area contributed by atoms with Crippen molar-refractivity contribution in [2.45, 2.75) is 12.5 Å². The van der Waals surface area contributed by atoms with Gasteiger partial charge in [0.25, 0.3) is 5.91 Å². The van der Waals surface area contributed by atoms with Crippen LogP contribution < -0.4 is 5.32 Å². The lowest BCUT2D eigenvalue weighted by atomic mass is 10.2. The summed E-state index contributed by atoms with van der Waals surface area (Å²) >= 11 is 0. The highest BCUT2D eigenvalue weighted by molar-refractivity contribution is 5.84. The van der Waals surface area contributed by atoms with E-state index in [1.165, 1.54) is 24.6 Å². The average molecular weight is 329 g/mol. The largest absolute Gasteiger partial charge is 0.444 e. The predicted molar refractivity (Wildman–Crippen MR) is 81.9 cm³/mol. The fourth-order valence-corrected chi connectivity index (χ4v) is 2.05. The summed E-state index contributed by atoms with van der Waals surface area (Å²) in [6.07, 6.45) is 2.53. The summed E-state index contributed by atoms with van der Waals surface area (Å²) in [6, 6.07) is 13.1. The Kier molecular flexibility index (Phi) is 4.33. The molecule has 7 heteroatoms. The van der Waals surface area contributed by atoms with Crippen molar-refractivity contribution < 1.29 is 18.0 Å². The van der Waals surface area contributed by atoms with Crippen LogP contribution in [-0.4, -0.2) is 15.9 Å². The lowest BCUT2D eigenvalue weighted by Gasteiger charge is -2.14. The van der Waals surface area contributed by atoms with Gasteiger partial charge in [0.05, 0.1) is 12.2 Å². The molecule has 2 heterocycles. The minimum Gasteiger partial charge on any atom is -0.444 e. The molecule has 1 aromatic carbocycles. The van der Waals surface area contributed by atoms with Crippen LogP contribution in [0.2, 0.25) is 0 Å². The van der Waals surface area contributed by atoms with Gasteiger partial charge in [0, 0.05) is 11.8 Å². The quantitative estimate of drug-likeness (QED) is 0.781.